The van der Waals surface area contributed by atoms with Crippen LogP contribution >= 0.6 is 32.9 Å². The van der Waals surface area contributed by atoms with Crippen LogP contribution in [0.5, 0.6) is 0 Å². The van der Waals surface area contributed by atoms with Gasteiger partial charge >= 0.3 is 0 Å². The summed E-state index contributed by atoms with van der Waals surface area (Å²) < 4.78 is 8.48. The van der Waals surface area contributed by atoms with E-state index >= 15 is 0 Å². The third-order valence-corrected chi connectivity index (χ3v) is 14.1. The average Bonchev–Trinajstić information content (AvgIpc) is 3.04. The number of alkyl halides is 1. The fraction of sp³-hybridized carbons (Fsp3) is 0.786. The summed E-state index contributed by atoms with van der Waals surface area (Å²) in [7, 11) is -1.08. The first kappa shape index (κ1) is 25.9. The highest BCUT2D eigenvalue weighted by atomic mass is 127. The van der Waals surface area contributed by atoms with Crippen LogP contribution in [0.4, 0.5) is 0 Å². The lowest BCUT2D eigenvalue weighted by Crippen LogP contribution is -2.47. The van der Waals surface area contributed by atoms with Gasteiger partial charge in [0.25, 0.3) is 0 Å². The summed E-state index contributed by atoms with van der Waals surface area (Å²) in [6.07, 6.45) is 19.2. The van der Waals surface area contributed by atoms with Gasteiger partial charge in [0.1, 0.15) is 0 Å². The molecule has 31 heavy (non-hydrogen) atoms. The summed E-state index contributed by atoms with van der Waals surface area (Å²) in [5.41, 5.74) is 5.50. The van der Waals surface area contributed by atoms with Crippen LogP contribution in [0.25, 0.3) is 0 Å². The molecule has 0 saturated heterocycles. The molecule has 178 valence electrons. The molecule has 0 aliphatic heterocycles. The van der Waals surface area contributed by atoms with E-state index in [1.807, 2.05) is 19.4 Å². The van der Waals surface area contributed by atoms with Crippen molar-refractivity contribution in [3.8, 4) is 0 Å². The molecule has 0 aromatic carbocycles. The van der Waals surface area contributed by atoms with Gasteiger partial charge in [0.05, 0.1) is 6.10 Å². The summed E-state index contributed by atoms with van der Waals surface area (Å²) in [6, 6.07) is 0. The Bertz CT molecular complexity index is 757. The lowest BCUT2D eigenvalue weighted by molar-refractivity contribution is 0.0362. The van der Waals surface area contributed by atoms with E-state index in [0.717, 1.165) is 11.8 Å². The summed E-state index contributed by atoms with van der Waals surface area (Å²) >= 11 is 2.67. The molecular formula is C28H47IOS. The van der Waals surface area contributed by atoms with Crippen LogP contribution in [0.2, 0.25) is 0 Å². The largest absolute Gasteiger partial charge is 0.333 e. The van der Waals surface area contributed by atoms with Gasteiger partial charge in [-0.1, -0.05) is 99.6 Å². The van der Waals surface area contributed by atoms with Gasteiger partial charge in [-0.2, -0.15) is 0 Å². The molecule has 3 heteroatoms. The first-order chi connectivity index (χ1) is 14.4. The molecule has 0 amide bonds. The highest BCUT2D eigenvalue weighted by Gasteiger charge is 2.57. The molecule has 1 nitrogen and oxygen atoms in total. The number of hydrogen-bond donors (Lipinski definition) is 0. The third kappa shape index (κ3) is 4.27. The SMILES string of the molecule is C=C1C=C2CCC3C(=CCC4(C)C3CC[C@@H]4OS(C)(C)C(C)(C)C)[C@@]2(CI)CC1.CC. The van der Waals surface area contributed by atoms with Crippen LogP contribution in [0.3, 0.4) is 0 Å². The molecule has 2 saturated carbocycles. The number of rotatable bonds is 3. The van der Waals surface area contributed by atoms with E-state index in [-0.39, 0.29) is 4.75 Å². The first-order valence-corrected chi connectivity index (χ1v) is 16.4. The molecule has 4 rings (SSSR count). The Morgan fingerprint density at radius 2 is 1.84 bits per heavy atom. The van der Waals surface area contributed by atoms with Crippen molar-refractivity contribution in [2.45, 2.75) is 97.3 Å². The molecule has 0 spiro atoms. The minimum absolute atomic E-state index is 0.234. The Hall–Kier alpha value is 0.260. The smallest absolute Gasteiger partial charge is 0.0760 e. The fourth-order valence-corrected chi connectivity index (χ4v) is 9.04. The van der Waals surface area contributed by atoms with Crippen LogP contribution in [0.15, 0.2) is 35.5 Å². The van der Waals surface area contributed by atoms with Crippen molar-refractivity contribution < 1.29 is 4.18 Å². The maximum absolute atomic E-state index is 7.02. The van der Waals surface area contributed by atoms with E-state index in [1.54, 1.807) is 5.57 Å². The standard InChI is InChI=1S/C26H41IOS.C2H6/c1-18-12-15-26(17-27)19(16-18)8-9-20-21-10-11-23(25(21,5)14-13-22(20)26)28-29(6,7)24(2,3)4;1-2/h13,16,20-21,23H,1,8-12,14-15,17H2,2-7H3;1-2H3/t20?,21?,23-,25?,26+;/m0./s1. The second-order valence-electron chi connectivity index (χ2n) is 11.7. The van der Waals surface area contributed by atoms with Gasteiger partial charge in [0.15, 0.2) is 0 Å². The van der Waals surface area contributed by atoms with Gasteiger partial charge in [-0.15, -0.1) is 10.3 Å². The van der Waals surface area contributed by atoms with Crippen LogP contribution in [0, 0.1) is 22.7 Å². The number of hydrogen-bond acceptors (Lipinski definition) is 1. The minimum Gasteiger partial charge on any atom is -0.333 e. The van der Waals surface area contributed by atoms with Gasteiger partial charge in [0, 0.05) is 20.0 Å². The van der Waals surface area contributed by atoms with Crippen molar-refractivity contribution in [1.29, 1.82) is 0 Å². The van der Waals surface area contributed by atoms with Crippen molar-refractivity contribution >= 4 is 32.9 Å². The molecule has 3 unspecified atom stereocenters. The predicted octanol–water partition coefficient (Wildman–Crippen LogP) is 9.03. The predicted molar refractivity (Wildman–Crippen MR) is 149 cm³/mol. The van der Waals surface area contributed by atoms with Gasteiger partial charge in [0.2, 0.25) is 0 Å². The van der Waals surface area contributed by atoms with E-state index in [1.165, 1.54) is 54.9 Å². The quantitative estimate of drug-likeness (QED) is 0.191. The number of halogens is 1. The molecule has 5 atom stereocenters. The molecule has 4 aliphatic carbocycles. The Morgan fingerprint density at radius 3 is 2.45 bits per heavy atom. The summed E-state index contributed by atoms with van der Waals surface area (Å²) in [5.74, 6) is 1.57. The van der Waals surface area contributed by atoms with Crippen LogP contribution in [-0.2, 0) is 4.18 Å². The normalized spacial score (nSPS) is 38.1. The number of allylic oxidation sites excluding steroid dienone is 5. The lowest BCUT2D eigenvalue weighted by Gasteiger charge is -2.55. The maximum Gasteiger partial charge on any atom is 0.0760 e. The topological polar surface area (TPSA) is 9.23 Å². The van der Waals surface area contributed by atoms with Gasteiger partial charge in [-0.25, -0.2) is 0 Å². The molecule has 0 radical (unpaired) electrons. The van der Waals surface area contributed by atoms with E-state index in [9.17, 15) is 0 Å². The van der Waals surface area contributed by atoms with Crippen molar-refractivity contribution in [3.63, 3.8) is 0 Å². The van der Waals surface area contributed by atoms with Crippen LogP contribution < -0.4 is 0 Å². The third-order valence-electron chi connectivity index (χ3n) is 9.17. The maximum atomic E-state index is 7.02. The monoisotopic (exact) mass is 558 g/mol. The Labute approximate surface area is 208 Å². The highest BCUT2D eigenvalue weighted by molar-refractivity contribution is 14.1. The van der Waals surface area contributed by atoms with E-state index in [0.29, 0.717) is 16.9 Å². The lowest BCUT2D eigenvalue weighted by atomic mass is 9.52. The van der Waals surface area contributed by atoms with Gasteiger partial charge in [-0.3, -0.25) is 0 Å². The molecule has 0 aromatic rings. The molecule has 2 fully saturated rings. The first-order valence-electron chi connectivity index (χ1n) is 12.5. The Balaban J connectivity index is 0.00000132. The summed E-state index contributed by atoms with van der Waals surface area (Å²) in [6.45, 7) is 17.9. The average molecular weight is 559 g/mol. The van der Waals surface area contributed by atoms with E-state index in [4.69, 9.17) is 4.18 Å². The Kier molecular flexibility index (Phi) is 7.62. The van der Waals surface area contributed by atoms with Gasteiger partial charge in [-0.05, 0) is 69.3 Å². The Morgan fingerprint density at radius 1 is 1.16 bits per heavy atom. The van der Waals surface area contributed by atoms with Crippen LogP contribution in [-0.4, -0.2) is 27.8 Å². The fourth-order valence-electron chi connectivity index (χ4n) is 6.54. The van der Waals surface area contributed by atoms with Crippen molar-refractivity contribution in [2.75, 3.05) is 16.9 Å². The number of fused-ring (bicyclic) bond motifs is 5. The van der Waals surface area contributed by atoms with Crippen LogP contribution in [0.1, 0.15) is 86.5 Å². The van der Waals surface area contributed by atoms with Crippen molar-refractivity contribution in [1.82, 2.24) is 0 Å². The molecule has 0 N–H and O–H groups in total. The zero-order chi connectivity index (χ0) is 23.2. The molecule has 0 heterocycles. The second kappa shape index (κ2) is 9.13. The zero-order valence-corrected chi connectivity index (χ0v) is 24.4. The van der Waals surface area contributed by atoms with E-state index in [2.05, 4.69) is 81.5 Å². The summed E-state index contributed by atoms with van der Waals surface area (Å²) in [5, 5.41) is 0. The molecule has 0 bridgehead atoms. The van der Waals surface area contributed by atoms with E-state index < -0.39 is 10.3 Å². The zero-order valence-electron chi connectivity index (χ0n) is 21.4. The molecular weight excluding hydrogens is 511 g/mol. The molecule has 4 aliphatic rings. The summed E-state index contributed by atoms with van der Waals surface area (Å²) in [4.78, 5) is 0. The minimum atomic E-state index is -1.08. The van der Waals surface area contributed by atoms with Crippen molar-refractivity contribution in [3.05, 3.63) is 35.5 Å². The second-order valence-corrected chi connectivity index (χ2v) is 16.3. The highest BCUT2D eigenvalue weighted by Crippen LogP contribution is 2.66. The molecule has 0 aromatic heterocycles. The van der Waals surface area contributed by atoms with Gasteiger partial charge < -0.3 is 4.18 Å². The van der Waals surface area contributed by atoms with Crippen molar-refractivity contribution in [2.24, 2.45) is 22.7 Å².